The number of hydrogen-bond acceptors (Lipinski definition) is 2. The summed E-state index contributed by atoms with van der Waals surface area (Å²) in [6.07, 6.45) is 8.21. The predicted octanol–water partition coefficient (Wildman–Crippen LogP) is 3.74. The molecule has 1 aliphatic heterocycles. The average molecular weight is 293 g/mol. The maximum absolute atomic E-state index is 5.93. The zero-order valence-corrected chi connectivity index (χ0v) is 12.8. The van der Waals surface area contributed by atoms with Crippen LogP contribution in [0.3, 0.4) is 0 Å². The van der Waals surface area contributed by atoms with E-state index in [1.54, 1.807) is 0 Å². The molecule has 1 saturated heterocycles. The van der Waals surface area contributed by atoms with E-state index in [1.807, 2.05) is 12.1 Å². The van der Waals surface area contributed by atoms with Gasteiger partial charge in [0.15, 0.2) is 0 Å². The van der Waals surface area contributed by atoms with Crippen molar-refractivity contribution in [2.75, 3.05) is 6.54 Å². The summed E-state index contributed by atoms with van der Waals surface area (Å²) in [4.78, 5) is 0. The van der Waals surface area contributed by atoms with Crippen molar-refractivity contribution in [3.8, 4) is 0 Å². The fourth-order valence-corrected chi connectivity index (χ4v) is 3.95. The highest BCUT2D eigenvalue weighted by Crippen LogP contribution is 2.31. The Bertz CT molecular complexity index is 412. The van der Waals surface area contributed by atoms with Gasteiger partial charge in [-0.1, -0.05) is 36.6 Å². The Kier molecular flexibility index (Phi) is 4.98. The first-order valence-electron chi connectivity index (χ1n) is 8.04. The standard InChI is InChI=1S/C17H25ClN2/c18-14-9-7-13(8-10-14)12-20-17-6-3-4-15(17)16-5-1-2-11-19-16/h7-10,15-17,19-20H,1-6,11-12H2. The molecule has 3 rings (SSSR count). The van der Waals surface area contributed by atoms with Crippen LogP contribution in [0.4, 0.5) is 0 Å². The normalized spacial score (nSPS) is 30.6. The Labute approximate surface area is 127 Å². The third kappa shape index (κ3) is 3.55. The molecule has 20 heavy (non-hydrogen) atoms. The monoisotopic (exact) mass is 292 g/mol. The van der Waals surface area contributed by atoms with Gasteiger partial charge in [0.25, 0.3) is 0 Å². The van der Waals surface area contributed by atoms with Gasteiger partial charge in [-0.2, -0.15) is 0 Å². The summed E-state index contributed by atoms with van der Waals surface area (Å²) < 4.78 is 0. The van der Waals surface area contributed by atoms with Crippen molar-refractivity contribution >= 4 is 11.6 Å². The van der Waals surface area contributed by atoms with E-state index in [0.29, 0.717) is 6.04 Å². The molecule has 0 radical (unpaired) electrons. The van der Waals surface area contributed by atoms with E-state index in [4.69, 9.17) is 11.6 Å². The fraction of sp³-hybridized carbons (Fsp3) is 0.647. The molecule has 3 heteroatoms. The summed E-state index contributed by atoms with van der Waals surface area (Å²) in [5.74, 6) is 0.822. The minimum Gasteiger partial charge on any atom is -0.314 e. The van der Waals surface area contributed by atoms with Gasteiger partial charge < -0.3 is 10.6 Å². The third-order valence-corrected chi connectivity index (χ3v) is 5.17. The molecule has 3 unspecified atom stereocenters. The second kappa shape index (κ2) is 6.93. The smallest absolute Gasteiger partial charge is 0.0406 e. The van der Waals surface area contributed by atoms with Crippen molar-refractivity contribution in [1.82, 2.24) is 10.6 Å². The van der Waals surface area contributed by atoms with Crippen molar-refractivity contribution in [3.63, 3.8) is 0 Å². The maximum atomic E-state index is 5.93. The molecule has 1 heterocycles. The van der Waals surface area contributed by atoms with Crippen LogP contribution >= 0.6 is 11.6 Å². The molecule has 2 N–H and O–H groups in total. The molecular weight excluding hydrogens is 268 g/mol. The number of rotatable bonds is 4. The molecule has 110 valence electrons. The van der Waals surface area contributed by atoms with Crippen molar-refractivity contribution in [2.45, 2.75) is 57.2 Å². The van der Waals surface area contributed by atoms with Gasteiger partial charge in [0.1, 0.15) is 0 Å². The maximum Gasteiger partial charge on any atom is 0.0406 e. The van der Waals surface area contributed by atoms with E-state index >= 15 is 0 Å². The molecule has 1 aliphatic carbocycles. The van der Waals surface area contributed by atoms with Gasteiger partial charge in [0.05, 0.1) is 0 Å². The Hall–Kier alpha value is -0.570. The van der Waals surface area contributed by atoms with Gasteiger partial charge in [-0.05, 0) is 55.8 Å². The molecule has 2 aliphatic rings. The van der Waals surface area contributed by atoms with Crippen LogP contribution in [-0.2, 0) is 6.54 Å². The van der Waals surface area contributed by atoms with Gasteiger partial charge in [-0.15, -0.1) is 0 Å². The number of piperidine rings is 1. The predicted molar refractivity (Wildman–Crippen MR) is 85.1 cm³/mol. The Morgan fingerprint density at radius 3 is 2.65 bits per heavy atom. The van der Waals surface area contributed by atoms with Crippen LogP contribution in [-0.4, -0.2) is 18.6 Å². The van der Waals surface area contributed by atoms with Crippen LogP contribution in [0.2, 0.25) is 5.02 Å². The fourth-order valence-electron chi connectivity index (χ4n) is 3.82. The first-order valence-corrected chi connectivity index (χ1v) is 8.42. The summed E-state index contributed by atoms with van der Waals surface area (Å²) in [5, 5.41) is 8.34. The van der Waals surface area contributed by atoms with Gasteiger partial charge in [-0.3, -0.25) is 0 Å². The van der Waals surface area contributed by atoms with Crippen LogP contribution in [0.15, 0.2) is 24.3 Å². The molecule has 1 saturated carbocycles. The SMILES string of the molecule is Clc1ccc(CNC2CCCC2C2CCCCN2)cc1. The highest BCUT2D eigenvalue weighted by Gasteiger charge is 2.33. The molecule has 2 nitrogen and oxygen atoms in total. The number of benzene rings is 1. The van der Waals surface area contributed by atoms with E-state index in [0.717, 1.165) is 23.5 Å². The highest BCUT2D eigenvalue weighted by atomic mass is 35.5. The molecular formula is C17H25ClN2. The number of hydrogen-bond donors (Lipinski definition) is 2. The van der Waals surface area contributed by atoms with E-state index < -0.39 is 0 Å². The zero-order chi connectivity index (χ0) is 13.8. The number of nitrogens with one attached hydrogen (secondary N) is 2. The quantitative estimate of drug-likeness (QED) is 0.883. The number of halogens is 1. The Morgan fingerprint density at radius 2 is 1.90 bits per heavy atom. The largest absolute Gasteiger partial charge is 0.314 e. The van der Waals surface area contributed by atoms with Crippen LogP contribution in [0.1, 0.15) is 44.1 Å². The van der Waals surface area contributed by atoms with E-state index in [2.05, 4.69) is 22.8 Å². The zero-order valence-electron chi connectivity index (χ0n) is 12.1. The van der Waals surface area contributed by atoms with Crippen molar-refractivity contribution in [1.29, 1.82) is 0 Å². The van der Waals surface area contributed by atoms with Crippen LogP contribution < -0.4 is 10.6 Å². The van der Waals surface area contributed by atoms with Gasteiger partial charge in [0, 0.05) is 23.7 Å². The lowest BCUT2D eigenvalue weighted by molar-refractivity contribution is 0.257. The topological polar surface area (TPSA) is 24.1 Å². The van der Waals surface area contributed by atoms with E-state index in [9.17, 15) is 0 Å². The minimum atomic E-state index is 0.682. The third-order valence-electron chi connectivity index (χ3n) is 4.92. The second-order valence-electron chi connectivity index (χ2n) is 6.27. The molecule has 1 aromatic rings. The van der Waals surface area contributed by atoms with Crippen molar-refractivity contribution < 1.29 is 0 Å². The molecule has 0 amide bonds. The Balaban J connectivity index is 1.54. The average Bonchev–Trinajstić information content (AvgIpc) is 2.96. The second-order valence-corrected chi connectivity index (χ2v) is 6.70. The van der Waals surface area contributed by atoms with Crippen molar-refractivity contribution in [3.05, 3.63) is 34.9 Å². The van der Waals surface area contributed by atoms with Crippen molar-refractivity contribution in [2.24, 2.45) is 5.92 Å². The first-order chi connectivity index (χ1) is 9.83. The van der Waals surface area contributed by atoms with Gasteiger partial charge in [0.2, 0.25) is 0 Å². The molecule has 0 aromatic heterocycles. The highest BCUT2D eigenvalue weighted by molar-refractivity contribution is 6.30. The van der Waals surface area contributed by atoms with E-state index in [1.165, 1.54) is 50.6 Å². The molecule has 1 aromatic carbocycles. The molecule has 0 spiro atoms. The lowest BCUT2D eigenvalue weighted by Gasteiger charge is -2.33. The summed E-state index contributed by atoms with van der Waals surface area (Å²) in [7, 11) is 0. The first kappa shape index (κ1) is 14.4. The van der Waals surface area contributed by atoms with Gasteiger partial charge in [-0.25, -0.2) is 0 Å². The lowest BCUT2D eigenvalue weighted by Crippen LogP contribution is -2.46. The van der Waals surface area contributed by atoms with E-state index in [-0.39, 0.29) is 0 Å². The van der Waals surface area contributed by atoms with Crippen LogP contribution in [0.5, 0.6) is 0 Å². The Morgan fingerprint density at radius 1 is 1.05 bits per heavy atom. The van der Waals surface area contributed by atoms with Crippen LogP contribution in [0, 0.1) is 5.92 Å². The summed E-state index contributed by atoms with van der Waals surface area (Å²) in [5.41, 5.74) is 1.33. The minimum absolute atomic E-state index is 0.682. The summed E-state index contributed by atoms with van der Waals surface area (Å²) >= 11 is 5.93. The van der Waals surface area contributed by atoms with Gasteiger partial charge >= 0.3 is 0 Å². The molecule has 2 fully saturated rings. The van der Waals surface area contributed by atoms with Crippen LogP contribution in [0.25, 0.3) is 0 Å². The lowest BCUT2D eigenvalue weighted by atomic mass is 9.88. The summed E-state index contributed by atoms with van der Waals surface area (Å²) in [6, 6.07) is 9.63. The molecule has 0 bridgehead atoms. The summed E-state index contributed by atoms with van der Waals surface area (Å²) in [6.45, 7) is 2.18. The molecule has 3 atom stereocenters.